The summed E-state index contributed by atoms with van der Waals surface area (Å²) in [6, 6.07) is 0. The van der Waals surface area contributed by atoms with Crippen molar-refractivity contribution in [3.8, 4) is 0 Å². The molecule has 1 aliphatic heterocycles. The fraction of sp³-hybridized carbons (Fsp3) is 0.833. The highest BCUT2D eigenvalue weighted by Gasteiger charge is 2.21. The lowest BCUT2D eigenvalue weighted by molar-refractivity contribution is 0.426. The quantitative estimate of drug-likeness (QED) is 0.422. The smallest absolute Gasteiger partial charge is 0.0900 e. The molecule has 1 saturated heterocycles. The minimum absolute atomic E-state index is 0.589. The third-order valence-corrected chi connectivity index (χ3v) is 2.18. The molecule has 1 nitrogen and oxygen atoms in total. The summed E-state index contributed by atoms with van der Waals surface area (Å²) >= 11 is 1.94. The van der Waals surface area contributed by atoms with Gasteiger partial charge in [-0.15, -0.1) is 0 Å². The fourth-order valence-corrected chi connectivity index (χ4v) is 1.31. The molecule has 0 aliphatic carbocycles. The lowest BCUT2D eigenvalue weighted by Gasteiger charge is -1.91. The van der Waals surface area contributed by atoms with E-state index in [0.29, 0.717) is 6.10 Å². The van der Waals surface area contributed by atoms with Gasteiger partial charge in [0.05, 0.1) is 12.7 Å². The van der Waals surface area contributed by atoms with Crippen LogP contribution < -0.4 is 0 Å². The Balaban J connectivity index is 1.74. The molecule has 0 saturated carbocycles. The number of thioether (sulfide) groups is 1. The van der Waals surface area contributed by atoms with Gasteiger partial charge < -0.3 is 4.74 Å². The molecular formula is C6H11OS. The monoisotopic (exact) mass is 131 g/mol. The van der Waals surface area contributed by atoms with E-state index in [2.05, 4.69) is 6.92 Å². The normalized spacial score (nSPS) is 25.9. The minimum Gasteiger partial charge on any atom is -0.372 e. The van der Waals surface area contributed by atoms with Crippen LogP contribution in [0.2, 0.25) is 0 Å². The molecule has 1 unspecified atom stereocenters. The van der Waals surface area contributed by atoms with E-state index in [1.54, 1.807) is 0 Å². The molecule has 0 aromatic rings. The molecule has 1 fully saturated rings. The van der Waals surface area contributed by atoms with Crippen molar-refractivity contribution in [2.24, 2.45) is 0 Å². The van der Waals surface area contributed by atoms with Crippen molar-refractivity contribution in [3.63, 3.8) is 0 Å². The summed E-state index contributed by atoms with van der Waals surface area (Å²) in [6.45, 7) is 4.73. The Hall–Kier alpha value is 0.310. The van der Waals surface area contributed by atoms with Crippen LogP contribution in [-0.2, 0) is 4.74 Å². The maximum absolute atomic E-state index is 5.01. The first-order valence-corrected chi connectivity index (χ1v) is 4.07. The maximum atomic E-state index is 5.01. The third-order valence-electron chi connectivity index (χ3n) is 0.995. The van der Waals surface area contributed by atoms with Gasteiger partial charge in [-0.3, -0.25) is 0 Å². The van der Waals surface area contributed by atoms with Gasteiger partial charge >= 0.3 is 0 Å². The summed E-state index contributed by atoms with van der Waals surface area (Å²) in [5.74, 6) is 2.36. The molecule has 0 spiro atoms. The van der Waals surface area contributed by atoms with Crippen LogP contribution in [0.3, 0.4) is 0 Å². The average molecular weight is 131 g/mol. The molecule has 1 radical (unpaired) electrons. The number of ether oxygens (including phenoxy) is 1. The van der Waals surface area contributed by atoms with E-state index in [1.165, 1.54) is 11.5 Å². The standard InChI is InChI=1S/C6H11OS/c1-2-3-8-5-6-4-7-6/h6H,1-5H2. The number of rotatable bonds is 4. The second-order valence-corrected chi connectivity index (χ2v) is 3.03. The zero-order valence-corrected chi connectivity index (χ0v) is 5.75. The van der Waals surface area contributed by atoms with Gasteiger partial charge in [-0.25, -0.2) is 0 Å². The SMILES string of the molecule is [CH2]CCSCC1CO1. The predicted molar refractivity (Wildman–Crippen MR) is 37.0 cm³/mol. The molecule has 47 valence electrons. The lowest BCUT2D eigenvalue weighted by Crippen LogP contribution is -1.89. The molecule has 0 aromatic heterocycles. The van der Waals surface area contributed by atoms with Crippen LogP contribution in [0.4, 0.5) is 0 Å². The Morgan fingerprint density at radius 2 is 2.50 bits per heavy atom. The predicted octanol–water partition coefficient (Wildman–Crippen LogP) is 1.34. The summed E-state index contributed by atoms with van der Waals surface area (Å²) in [7, 11) is 0. The molecule has 1 atom stereocenters. The topological polar surface area (TPSA) is 12.5 Å². The van der Waals surface area contributed by atoms with Gasteiger partial charge in [0.1, 0.15) is 0 Å². The van der Waals surface area contributed by atoms with E-state index in [4.69, 9.17) is 4.74 Å². The van der Waals surface area contributed by atoms with Gasteiger partial charge in [0.25, 0.3) is 0 Å². The van der Waals surface area contributed by atoms with Crippen molar-refractivity contribution < 1.29 is 4.74 Å². The van der Waals surface area contributed by atoms with Crippen molar-refractivity contribution >= 4 is 11.8 Å². The fourth-order valence-electron chi connectivity index (χ4n) is 0.481. The highest BCUT2D eigenvalue weighted by atomic mass is 32.2. The first-order valence-electron chi connectivity index (χ1n) is 2.92. The second-order valence-electron chi connectivity index (χ2n) is 1.88. The van der Waals surface area contributed by atoms with Crippen molar-refractivity contribution in [2.75, 3.05) is 18.1 Å². The molecule has 0 bridgehead atoms. The molecule has 1 rings (SSSR count). The molecule has 2 heteroatoms. The van der Waals surface area contributed by atoms with Gasteiger partial charge in [-0.2, -0.15) is 11.8 Å². The molecule has 0 aromatic carbocycles. The summed E-state index contributed by atoms with van der Waals surface area (Å²) < 4.78 is 5.01. The zero-order valence-electron chi connectivity index (χ0n) is 4.93. The zero-order chi connectivity index (χ0) is 5.82. The van der Waals surface area contributed by atoms with Crippen molar-refractivity contribution in [2.45, 2.75) is 12.5 Å². The lowest BCUT2D eigenvalue weighted by atomic mass is 10.6. The average Bonchev–Trinajstić information content (AvgIpc) is 2.51. The van der Waals surface area contributed by atoms with Crippen molar-refractivity contribution in [1.82, 2.24) is 0 Å². The Morgan fingerprint density at radius 3 is 3.00 bits per heavy atom. The Kier molecular flexibility index (Phi) is 2.70. The molecule has 0 N–H and O–H groups in total. The summed E-state index contributed by atoms with van der Waals surface area (Å²) in [5.41, 5.74) is 0. The van der Waals surface area contributed by atoms with Crippen molar-refractivity contribution in [3.05, 3.63) is 6.92 Å². The largest absolute Gasteiger partial charge is 0.372 e. The van der Waals surface area contributed by atoms with Crippen LogP contribution in [0.1, 0.15) is 6.42 Å². The summed E-state index contributed by atoms with van der Waals surface area (Å²) in [6.07, 6.45) is 1.63. The van der Waals surface area contributed by atoms with Gasteiger partial charge in [0, 0.05) is 5.75 Å². The van der Waals surface area contributed by atoms with Gasteiger partial charge in [-0.05, 0) is 12.2 Å². The van der Waals surface area contributed by atoms with Gasteiger partial charge in [0.2, 0.25) is 0 Å². The molecule has 1 heterocycles. The van der Waals surface area contributed by atoms with E-state index in [9.17, 15) is 0 Å². The van der Waals surface area contributed by atoms with E-state index in [0.717, 1.165) is 13.0 Å². The number of hydrogen-bond acceptors (Lipinski definition) is 2. The minimum atomic E-state index is 0.589. The van der Waals surface area contributed by atoms with Crippen LogP contribution in [0.15, 0.2) is 0 Å². The Morgan fingerprint density at radius 1 is 1.75 bits per heavy atom. The van der Waals surface area contributed by atoms with Crippen LogP contribution in [0, 0.1) is 6.92 Å². The maximum Gasteiger partial charge on any atom is 0.0900 e. The highest BCUT2D eigenvalue weighted by Crippen LogP contribution is 2.15. The molecular weight excluding hydrogens is 120 g/mol. The molecule has 0 amide bonds. The Labute approximate surface area is 54.8 Å². The van der Waals surface area contributed by atoms with E-state index in [-0.39, 0.29) is 0 Å². The number of epoxide rings is 1. The van der Waals surface area contributed by atoms with Crippen LogP contribution >= 0.6 is 11.8 Å². The first kappa shape index (κ1) is 6.43. The highest BCUT2D eigenvalue weighted by molar-refractivity contribution is 7.99. The molecule has 8 heavy (non-hydrogen) atoms. The summed E-state index contributed by atoms with van der Waals surface area (Å²) in [5, 5.41) is 0. The van der Waals surface area contributed by atoms with Crippen molar-refractivity contribution in [1.29, 1.82) is 0 Å². The molecule has 1 aliphatic rings. The Bertz CT molecular complexity index is 61.5. The summed E-state index contributed by atoms with van der Waals surface area (Å²) in [4.78, 5) is 0. The third kappa shape index (κ3) is 2.58. The van der Waals surface area contributed by atoms with E-state index >= 15 is 0 Å². The van der Waals surface area contributed by atoms with Crippen LogP contribution in [0.5, 0.6) is 0 Å². The second kappa shape index (κ2) is 3.36. The first-order chi connectivity index (χ1) is 3.93. The van der Waals surface area contributed by atoms with Crippen LogP contribution in [-0.4, -0.2) is 24.2 Å². The van der Waals surface area contributed by atoms with Crippen LogP contribution in [0.25, 0.3) is 0 Å². The van der Waals surface area contributed by atoms with E-state index < -0.39 is 0 Å². The van der Waals surface area contributed by atoms with E-state index in [1.807, 2.05) is 11.8 Å². The number of hydrogen-bond donors (Lipinski definition) is 0. The van der Waals surface area contributed by atoms with Gasteiger partial charge in [-0.1, -0.05) is 6.92 Å². The van der Waals surface area contributed by atoms with Gasteiger partial charge in [0.15, 0.2) is 0 Å².